The second kappa shape index (κ2) is 7.67. The van der Waals surface area contributed by atoms with E-state index in [-0.39, 0.29) is 4.90 Å². The van der Waals surface area contributed by atoms with E-state index in [0.29, 0.717) is 23.4 Å². The number of nitro benzene ring substituents is 1. The van der Waals surface area contributed by atoms with Crippen molar-refractivity contribution in [1.82, 2.24) is 9.78 Å². The molecule has 0 aliphatic carbocycles. The Hall–Kier alpha value is -3.20. The van der Waals surface area contributed by atoms with Crippen LogP contribution in [-0.4, -0.2) is 23.1 Å². The topological polar surface area (TPSA) is 107 Å². The minimum Gasteiger partial charge on any atom is -0.279 e. The highest BCUT2D eigenvalue weighted by Gasteiger charge is 2.27. The lowest BCUT2D eigenvalue weighted by molar-refractivity contribution is -0.387. The molecule has 3 aromatic rings. The predicted molar refractivity (Wildman–Crippen MR) is 111 cm³/mol. The van der Waals surface area contributed by atoms with Gasteiger partial charge >= 0.3 is 0 Å². The molecule has 0 atom stereocenters. The molecule has 3 rings (SSSR count). The summed E-state index contributed by atoms with van der Waals surface area (Å²) in [6.07, 6.45) is 0. The molecular formula is C20H22N4O4S. The molecule has 0 spiro atoms. The van der Waals surface area contributed by atoms with E-state index in [2.05, 4.69) is 9.82 Å². The molecule has 0 saturated heterocycles. The lowest BCUT2D eigenvalue weighted by Crippen LogP contribution is -2.15. The van der Waals surface area contributed by atoms with E-state index in [9.17, 15) is 18.5 Å². The molecular weight excluding hydrogens is 392 g/mol. The molecule has 0 amide bonds. The largest absolute Gasteiger partial charge is 0.290 e. The average molecular weight is 414 g/mol. The van der Waals surface area contributed by atoms with Gasteiger partial charge in [-0.25, -0.2) is 8.42 Å². The molecule has 8 nitrogen and oxygen atoms in total. The summed E-state index contributed by atoms with van der Waals surface area (Å²) in [5.74, 6) is 0. The van der Waals surface area contributed by atoms with Crippen molar-refractivity contribution in [1.29, 1.82) is 0 Å². The highest BCUT2D eigenvalue weighted by atomic mass is 32.2. The van der Waals surface area contributed by atoms with Crippen LogP contribution in [0.15, 0.2) is 47.4 Å². The second-order valence-corrected chi connectivity index (χ2v) is 8.70. The first-order chi connectivity index (χ1) is 13.6. The van der Waals surface area contributed by atoms with Gasteiger partial charge in [-0.15, -0.1) is 0 Å². The number of rotatable bonds is 6. The van der Waals surface area contributed by atoms with E-state index in [1.165, 1.54) is 12.1 Å². The Morgan fingerprint density at radius 3 is 2.38 bits per heavy atom. The van der Waals surface area contributed by atoms with Crippen molar-refractivity contribution in [2.24, 2.45) is 0 Å². The maximum atomic E-state index is 12.9. The van der Waals surface area contributed by atoms with E-state index >= 15 is 0 Å². The van der Waals surface area contributed by atoms with Gasteiger partial charge in [-0.2, -0.15) is 5.10 Å². The summed E-state index contributed by atoms with van der Waals surface area (Å²) >= 11 is 0. The summed E-state index contributed by atoms with van der Waals surface area (Å²) in [5.41, 5.74) is 3.96. The van der Waals surface area contributed by atoms with Gasteiger partial charge in [0.15, 0.2) is 4.90 Å². The van der Waals surface area contributed by atoms with Crippen LogP contribution < -0.4 is 4.72 Å². The summed E-state index contributed by atoms with van der Waals surface area (Å²) < 4.78 is 30.1. The van der Waals surface area contributed by atoms with Crippen LogP contribution in [0.1, 0.15) is 28.1 Å². The molecule has 0 aliphatic rings. The lowest BCUT2D eigenvalue weighted by Gasteiger charge is -2.12. The molecule has 1 heterocycles. The lowest BCUT2D eigenvalue weighted by atomic mass is 10.1. The van der Waals surface area contributed by atoms with Gasteiger partial charge < -0.3 is 0 Å². The first-order valence-corrected chi connectivity index (χ1v) is 10.4. The number of anilines is 1. The third kappa shape index (κ3) is 4.45. The number of hydrogen-bond acceptors (Lipinski definition) is 5. The Kier molecular flexibility index (Phi) is 5.43. The van der Waals surface area contributed by atoms with Crippen LogP contribution in [0, 0.1) is 37.8 Å². The van der Waals surface area contributed by atoms with Gasteiger partial charge in [0.2, 0.25) is 0 Å². The van der Waals surface area contributed by atoms with Gasteiger partial charge in [0, 0.05) is 17.4 Å². The van der Waals surface area contributed by atoms with Gasteiger partial charge in [-0.3, -0.25) is 19.5 Å². The number of nitrogens with one attached hydrogen (secondary N) is 1. The van der Waals surface area contributed by atoms with Crippen LogP contribution in [0.3, 0.4) is 0 Å². The van der Waals surface area contributed by atoms with Gasteiger partial charge in [-0.05, 0) is 68.7 Å². The molecule has 29 heavy (non-hydrogen) atoms. The summed E-state index contributed by atoms with van der Waals surface area (Å²) in [6.45, 7) is 7.76. The minimum absolute atomic E-state index is 0.330. The molecule has 1 aromatic heterocycles. The first-order valence-electron chi connectivity index (χ1n) is 8.95. The van der Waals surface area contributed by atoms with Gasteiger partial charge in [0.1, 0.15) is 0 Å². The average Bonchev–Trinajstić information content (AvgIpc) is 2.93. The molecule has 9 heteroatoms. The molecule has 0 aliphatic heterocycles. The van der Waals surface area contributed by atoms with E-state index in [4.69, 9.17) is 0 Å². The van der Waals surface area contributed by atoms with E-state index in [1.807, 2.05) is 30.7 Å². The van der Waals surface area contributed by atoms with E-state index < -0.39 is 20.6 Å². The quantitative estimate of drug-likeness (QED) is 0.487. The van der Waals surface area contributed by atoms with Crippen LogP contribution in [0.5, 0.6) is 0 Å². The maximum absolute atomic E-state index is 12.9. The summed E-state index contributed by atoms with van der Waals surface area (Å²) in [4.78, 5) is 10.3. The van der Waals surface area contributed by atoms with Crippen molar-refractivity contribution in [2.75, 3.05) is 4.72 Å². The third-order valence-corrected chi connectivity index (χ3v) is 6.09. The molecule has 0 fully saturated rings. The number of nitro groups is 1. The van der Waals surface area contributed by atoms with Crippen LogP contribution in [0.2, 0.25) is 0 Å². The number of hydrogen-bond donors (Lipinski definition) is 1. The molecule has 2 aromatic carbocycles. The molecule has 0 saturated carbocycles. The van der Waals surface area contributed by atoms with Gasteiger partial charge in [0.25, 0.3) is 15.7 Å². The zero-order chi connectivity index (χ0) is 21.3. The standard InChI is InChI=1S/C20H22N4O4S/c1-13-8-19(24(25)26)20(9-14(13)2)29(27,28)22-18-7-5-6-17(11-18)12-23-16(4)10-15(3)21-23/h5-11,22H,12H2,1-4H3. The van der Waals surface area contributed by atoms with Crippen molar-refractivity contribution in [3.63, 3.8) is 0 Å². The molecule has 1 N–H and O–H groups in total. The summed E-state index contributed by atoms with van der Waals surface area (Å²) in [5, 5.41) is 15.8. The molecule has 0 radical (unpaired) electrons. The molecule has 152 valence electrons. The third-order valence-electron chi connectivity index (χ3n) is 4.68. The fraction of sp³-hybridized carbons (Fsp3) is 0.250. The van der Waals surface area contributed by atoms with Crippen LogP contribution in [-0.2, 0) is 16.6 Å². The second-order valence-electron chi connectivity index (χ2n) is 7.05. The van der Waals surface area contributed by atoms with Crippen molar-refractivity contribution in [3.8, 4) is 0 Å². The maximum Gasteiger partial charge on any atom is 0.290 e. The summed E-state index contributed by atoms with van der Waals surface area (Å²) in [6, 6.07) is 11.5. The predicted octanol–water partition coefficient (Wildman–Crippen LogP) is 3.87. The SMILES string of the molecule is Cc1cc(C)n(Cc2cccc(NS(=O)(=O)c3cc(C)c(C)cc3[N+](=O)[O-])c2)n1. The Morgan fingerprint density at radius 2 is 1.76 bits per heavy atom. The zero-order valence-electron chi connectivity index (χ0n) is 16.6. The Bertz CT molecular complexity index is 1200. The van der Waals surface area contributed by atoms with E-state index in [1.54, 1.807) is 32.0 Å². The number of benzene rings is 2. The number of sulfonamides is 1. The fourth-order valence-corrected chi connectivity index (χ4v) is 4.37. The van der Waals surface area contributed by atoms with Crippen molar-refractivity contribution in [2.45, 2.75) is 39.1 Å². The van der Waals surface area contributed by atoms with Crippen LogP contribution >= 0.6 is 0 Å². The van der Waals surface area contributed by atoms with Crippen LogP contribution in [0.25, 0.3) is 0 Å². The minimum atomic E-state index is -4.14. The first kappa shape index (κ1) is 20.5. The van der Waals surface area contributed by atoms with Gasteiger partial charge in [-0.1, -0.05) is 12.1 Å². The highest BCUT2D eigenvalue weighted by molar-refractivity contribution is 7.92. The smallest absolute Gasteiger partial charge is 0.279 e. The van der Waals surface area contributed by atoms with Crippen LogP contribution in [0.4, 0.5) is 11.4 Å². The fourth-order valence-electron chi connectivity index (χ4n) is 3.08. The number of aromatic nitrogens is 2. The van der Waals surface area contributed by atoms with Crippen molar-refractivity contribution >= 4 is 21.4 Å². The van der Waals surface area contributed by atoms with Crippen molar-refractivity contribution < 1.29 is 13.3 Å². The monoisotopic (exact) mass is 414 g/mol. The number of nitrogens with zero attached hydrogens (tertiary/aromatic N) is 3. The Balaban J connectivity index is 1.93. The van der Waals surface area contributed by atoms with E-state index in [0.717, 1.165) is 17.0 Å². The molecule has 0 bridgehead atoms. The number of aryl methyl sites for hydroxylation is 4. The normalized spacial score (nSPS) is 11.4. The molecule has 0 unspecified atom stereocenters. The summed E-state index contributed by atoms with van der Waals surface area (Å²) in [7, 11) is -4.14. The Morgan fingerprint density at radius 1 is 1.07 bits per heavy atom. The van der Waals surface area contributed by atoms with Crippen molar-refractivity contribution in [3.05, 3.63) is 80.7 Å². The van der Waals surface area contributed by atoms with Gasteiger partial charge in [0.05, 0.1) is 17.2 Å². The zero-order valence-corrected chi connectivity index (χ0v) is 17.4. The Labute approximate surface area is 169 Å². The highest BCUT2D eigenvalue weighted by Crippen LogP contribution is 2.29.